The molecular formula is C12H20N2O2S2. The Morgan fingerprint density at radius 2 is 2.17 bits per heavy atom. The molecule has 2 rings (SSSR count). The number of aryl methyl sites for hydroxylation is 1. The fourth-order valence-electron chi connectivity index (χ4n) is 1.95. The van der Waals surface area contributed by atoms with E-state index in [1.54, 1.807) is 6.07 Å². The molecule has 1 aliphatic carbocycles. The third-order valence-electron chi connectivity index (χ3n) is 3.27. The lowest BCUT2D eigenvalue weighted by Crippen LogP contribution is -2.33. The summed E-state index contributed by atoms with van der Waals surface area (Å²) in [6.45, 7) is 4.61. The molecule has 1 heterocycles. The van der Waals surface area contributed by atoms with E-state index in [0.717, 1.165) is 23.3 Å². The maximum Gasteiger partial charge on any atom is 0.250 e. The van der Waals surface area contributed by atoms with E-state index in [-0.39, 0.29) is 6.04 Å². The highest BCUT2D eigenvalue weighted by atomic mass is 32.2. The van der Waals surface area contributed by atoms with Crippen LogP contribution in [0, 0.1) is 12.8 Å². The number of sulfonamides is 1. The van der Waals surface area contributed by atoms with Crippen LogP contribution in [0.2, 0.25) is 0 Å². The quantitative estimate of drug-likeness (QED) is 0.840. The van der Waals surface area contributed by atoms with Gasteiger partial charge in [0, 0.05) is 17.5 Å². The molecule has 1 aliphatic rings. The van der Waals surface area contributed by atoms with Crippen LogP contribution in [0.3, 0.4) is 0 Å². The smallest absolute Gasteiger partial charge is 0.250 e. The highest BCUT2D eigenvalue weighted by molar-refractivity contribution is 7.91. The molecule has 102 valence electrons. The summed E-state index contributed by atoms with van der Waals surface area (Å²) in [5.74, 6) is 0.526. The van der Waals surface area contributed by atoms with Crippen LogP contribution in [0.4, 0.5) is 0 Å². The molecule has 1 aromatic rings. The Hall–Kier alpha value is -0.430. The number of hydrogen-bond donors (Lipinski definition) is 2. The van der Waals surface area contributed by atoms with Crippen molar-refractivity contribution in [1.29, 1.82) is 0 Å². The summed E-state index contributed by atoms with van der Waals surface area (Å²) in [5.41, 5.74) is 1.04. The van der Waals surface area contributed by atoms with Crippen molar-refractivity contribution in [2.75, 3.05) is 7.05 Å². The lowest BCUT2D eigenvalue weighted by atomic mass is 10.2. The monoisotopic (exact) mass is 288 g/mol. The van der Waals surface area contributed by atoms with Crippen LogP contribution in [-0.4, -0.2) is 21.5 Å². The topological polar surface area (TPSA) is 58.2 Å². The second-order valence-electron chi connectivity index (χ2n) is 4.95. The molecule has 0 bridgehead atoms. The average molecular weight is 288 g/mol. The minimum absolute atomic E-state index is 0.0464. The van der Waals surface area contributed by atoms with Crippen molar-refractivity contribution in [2.24, 2.45) is 5.92 Å². The molecule has 0 amide bonds. The molecule has 1 fully saturated rings. The van der Waals surface area contributed by atoms with Crippen LogP contribution in [-0.2, 0) is 16.6 Å². The number of rotatable bonds is 6. The lowest BCUT2D eigenvalue weighted by Gasteiger charge is -2.11. The molecule has 0 aromatic carbocycles. The molecule has 1 saturated carbocycles. The Labute approximate surface area is 113 Å². The molecule has 2 N–H and O–H groups in total. The molecule has 4 nitrogen and oxygen atoms in total. The first kappa shape index (κ1) is 14.0. The Morgan fingerprint density at radius 1 is 1.50 bits per heavy atom. The van der Waals surface area contributed by atoms with E-state index >= 15 is 0 Å². The van der Waals surface area contributed by atoms with Gasteiger partial charge in [-0.3, -0.25) is 0 Å². The van der Waals surface area contributed by atoms with Crippen LogP contribution >= 0.6 is 11.3 Å². The van der Waals surface area contributed by atoms with Crippen LogP contribution < -0.4 is 10.0 Å². The molecule has 1 unspecified atom stereocenters. The van der Waals surface area contributed by atoms with Crippen molar-refractivity contribution in [3.8, 4) is 0 Å². The summed E-state index contributed by atoms with van der Waals surface area (Å²) in [6, 6.07) is 1.81. The van der Waals surface area contributed by atoms with E-state index in [1.807, 2.05) is 20.9 Å². The summed E-state index contributed by atoms with van der Waals surface area (Å²) in [5, 5.41) is 3.05. The van der Waals surface area contributed by atoms with Crippen molar-refractivity contribution in [2.45, 2.75) is 43.5 Å². The van der Waals surface area contributed by atoms with Gasteiger partial charge in [-0.15, -0.1) is 11.3 Å². The highest BCUT2D eigenvalue weighted by Crippen LogP contribution is 2.33. The molecule has 1 atom stereocenters. The first-order valence-corrected chi connectivity index (χ1v) is 8.50. The molecule has 1 aromatic heterocycles. The summed E-state index contributed by atoms with van der Waals surface area (Å²) < 4.78 is 27.7. The van der Waals surface area contributed by atoms with Crippen molar-refractivity contribution in [3.63, 3.8) is 0 Å². The second kappa shape index (κ2) is 5.28. The minimum atomic E-state index is -3.34. The summed E-state index contributed by atoms with van der Waals surface area (Å²) in [4.78, 5) is 1.08. The average Bonchev–Trinajstić information content (AvgIpc) is 3.05. The van der Waals surface area contributed by atoms with Crippen LogP contribution in [0.1, 0.15) is 30.2 Å². The molecule has 6 heteroatoms. The van der Waals surface area contributed by atoms with Gasteiger partial charge in [0.15, 0.2) is 0 Å². The van der Waals surface area contributed by atoms with Crippen LogP contribution in [0.25, 0.3) is 0 Å². The van der Waals surface area contributed by atoms with Gasteiger partial charge in [-0.25, -0.2) is 13.1 Å². The Morgan fingerprint density at radius 3 is 2.72 bits per heavy atom. The Balaban J connectivity index is 2.15. The molecule has 0 radical (unpaired) electrons. The molecule has 0 saturated heterocycles. The third-order valence-corrected chi connectivity index (χ3v) is 6.54. The van der Waals surface area contributed by atoms with Gasteiger partial charge in [-0.05, 0) is 51.3 Å². The SMILES string of the molecule is CNCc1sc(S(=O)(=O)NC(C)C2CC2)cc1C. The van der Waals surface area contributed by atoms with Crippen molar-refractivity contribution in [1.82, 2.24) is 10.0 Å². The van der Waals surface area contributed by atoms with E-state index in [4.69, 9.17) is 0 Å². The fraction of sp³-hybridized carbons (Fsp3) is 0.667. The van der Waals surface area contributed by atoms with Crippen LogP contribution in [0.15, 0.2) is 10.3 Å². The van der Waals surface area contributed by atoms with E-state index in [0.29, 0.717) is 16.7 Å². The zero-order chi connectivity index (χ0) is 13.3. The highest BCUT2D eigenvalue weighted by Gasteiger charge is 2.31. The number of thiophene rings is 1. The van der Waals surface area contributed by atoms with E-state index < -0.39 is 10.0 Å². The van der Waals surface area contributed by atoms with Crippen LogP contribution in [0.5, 0.6) is 0 Å². The Bertz CT molecular complexity index is 518. The molecule has 0 spiro atoms. The van der Waals surface area contributed by atoms with Crippen molar-refractivity contribution in [3.05, 3.63) is 16.5 Å². The lowest BCUT2D eigenvalue weighted by molar-refractivity contribution is 0.539. The number of nitrogens with one attached hydrogen (secondary N) is 2. The third kappa shape index (κ3) is 3.12. The van der Waals surface area contributed by atoms with Gasteiger partial charge in [-0.1, -0.05) is 0 Å². The van der Waals surface area contributed by atoms with Gasteiger partial charge in [0.2, 0.25) is 10.0 Å². The predicted octanol–water partition coefficient (Wildman–Crippen LogP) is 1.85. The van der Waals surface area contributed by atoms with Crippen molar-refractivity contribution >= 4 is 21.4 Å². The van der Waals surface area contributed by atoms with Gasteiger partial charge in [0.05, 0.1) is 0 Å². The zero-order valence-electron chi connectivity index (χ0n) is 11.0. The van der Waals surface area contributed by atoms with Gasteiger partial charge in [0.25, 0.3) is 0 Å². The first-order chi connectivity index (χ1) is 8.44. The zero-order valence-corrected chi connectivity index (χ0v) is 12.6. The summed E-state index contributed by atoms with van der Waals surface area (Å²) >= 11 is 1.35. The maximum atomic E-state index is 12.2. The van der Waals surface area contributed by atoms with E-state index in [9.17, 15) is 8.42 Å². The Kier molecular flexibility index (Phi) is 4.11. The maximum absolute atomic E-state index is 12.2. The van der Waals surface area contributed by atoms with E-state index in [2.05, 4.69) is 10.0 Å². The molecule has 18 heavy (non-hydrogen) atoms. The molecule has 0 aliphatic heterocycles. The molecular weight excluding hydrogens is 268 g/mol. The second-order valence-corrected chi connectivity index (χ2v) is 8.03. The fourth-order valence-corrected chi connectivity index (χ4v) is 4.88. The number of hydrogen-bond acceptors (Lipinski definition) is 4. The summed E-state index contributed by atoms with van der Waals surface area (Å²) in [6.07, 6.45) is 2.27. The largest absolute Gasteiger partial charge is 0.315 e. The van der Waals surface area contributed by atoms with Gasteiger partial charge >= 0.3 is 0 Å². The minimum Gasteiger partial charge on any atom is -0.315 e. The standard InChI is InChI=1S/C12H20N2O2S2/c1-8-6-12(17-11(8)7-13-3)18(15,16)14-9(2)10-4-5-10/h6,9-10,13-14H,4-5,7H2,1-3H3. The van der Waals surface area contributed by atoms with Gasteiger partial charge in [-0.2, -0.15) is 0 Å². The summed E-state index contributed by atoms with van der Waals surface area (Å²) in [7, 11) is -1.48. The predicted molar refractivity (Wildman–Crippen MR) is 74.3 cm³/mol. The van der Waals surface area contributed by atoms with Gasteiger partial charge < -0.3 is 5.32 Å². The van der Waals surface area contributed by atoms with Gasteiger partial charge in [0.1, 0.15) is 4.21 Å². The normalized spacial score (nSPS) is 17.9. The van der Waals surface area contributed by atoms with E-state index in [1.165, 1.54) is 11.3 Å². The van der Waals surface area contributed by atoms with Crippen molar-refractivity contribution < 1.29 is 8.42 Å². The first-order valence-electron chi connectivity index (χ1n) is 6.20.